The van der Waals surface area contributed by atoms with Crippen molar-refractivity contribution >= 4 is 0 Å². The highest BCUT2D eigenvalue weighted by atomic mass is 16.3. The monoisotopic (exact) mass is 285 g/mol. The van der Waals surface area contributed by atoms with E-state index in [1.54, 1.807) is 0 Å². The van der Waals surface area contributed by atoms with E-state index in [9.17, 15) is 0 Å². The Morgan fingerprint density at radius 3 is 2.71 bits per heavy atom. The average Bonchev–Trinajstić information content (AvgIpc) is 2.86. The summed E-state index contributed by atoms with van der Waals surface area (Å²) in [5.74, 6) is 0. The van der Waals surface area contributed by atoms with Crippen LogP contribution >= 0.6 is 0 Å². The Balaban J connectivity index is 1.96. The van der Waals surface area contributed by atoms with Gasteiger partial charge in [0.05, 0.1) is 19.3 Å². The molecule has 112 valence electrons. The van der Waals surface area contributed by atoms with Crippen LogP contribution < -0.4 is 0 Å². The first-order valence-corrected chi connectivity index (χ1v) is 7.20. The molecule has 1 heterocycles. The SMILES string of the molecule is C=C(C)CN(CCO)Cc1cnn(Cc2ccccc2)c1. The van der Waals surface area contributed by atoms with Crippen LogP contribution in [0.3, 0.4) is 0 Å². The Morgan fingerprint density at radius 1 is 1.29 bits per heavy atom. The van der Waals surface area contributed by atoms with E-state index < -0.39 is 0 Å². The zero-order chi connectivity index (χ0) is 15.1. The van der Waals surface area contributed by atoms with Gasteiger partial charge in [-0.3, -0.25) is 9.58 Å². The summed E-state index contributed by atoms with van der Waals surface area (Å²) in [4.78, 5) is 2.17. The third kappa shape index (κ3) is 5.17. The fourth-order valence-electron chi connectivity index (χ4n) is 2.34. The van der Waals surface area contributed by atoms with Crippen molar-refractivity contribution in [3.63, 3.8) is 0 Å². The van der Waals surface area contributed by atoms with Gasteiger partial charge < -0.3 is 5.11 Å². The Morgan fingerprint density at radius 2 is 2.05 bits per heavy atom. The van der Waals surface area contributed by atoms with Gasteiger partial charge in [-0.1, -0.05) is 42.5 Å². The number of rotatable bonds is 8. The highest BCUT2D eigenvalue weighted by molar-refractivity contribution is 5.15. The van der Waals surface area contributed by atoms with Gasteiger partial charge in [0.2, 0.25) is 0 Å². The summed E-state index contributed by atoms with van der Waals surface area (Å²) in [7, 11) is 0. The van der Waals surface area contributed by atoms with Crippen LogP contribution in [0.25, 0.3) is 0 Å². The van der Waals surface area contributed by atoms with E-state index in [0.717, 1.165) is 30.8 Å². The standard InChI is InChI=1S/C17H23N3O/c1-15(2)11-19(8-9-21)12-17-10-18-20(14-17)13-16-6-4-3-5-7-16/h3-7,10,14,21H,1,8-9,11-13H2,2H3. The lowest BCUT2D eigenvalue weighted by Crippen LogP contribution is -2.27. The predicted molar refractivity (Wildman–Crippen MR) is 84.9 cm³/mol. The van der Waals surface area contributed by atoms with Gasteiger partial charge in [0.25, 0.3) is 0 Å². The molecule has 4 nitrogen and oxygen atoms in total. The molecule has 2 rings (SSSR count). The first kappa shape index (κ1) is 15.5. The molecule has 0 bridgehead atoms. The van der Waals surface area contributed by atoms with Crippen molar-refractivity contribution in [1.29, 1.82) is 0 Å². The Bertz CT molecular complexity index is 562. The van der Waals surface area contributed by atoms with Gasteiger partial charge >= 0.3 is 0 Å². The van der Waals surface area contributed by atoms with Crippen LogP contribution in [0.2, 0.25) is 0 Å². The number of hydrogen-bond donors (Lipinski definition) is 1. The Hall–Kier alpha value is -1.91. The molecule has 0 fully saturated rings. The number of nitrogens with zero attached hydrogens (tertiary/aromatic N) is 3. The van der Waals surface area contributed by atoms with Crippen LogP contribution in [0.4, 0.5) is 0 Å². The molecule has 1 aromatic heterocycles. The van der Waals surface area contributed by atoms with Crippen molar-refractivity contribution < 1.29 is 5.11 Å². The van der Waals surface area contributed by atoms with Crippen LogP contribution in [-0.4, -0.2) is 39.5 Å². The highest BCUT2D eigenvalue weighted by Gasteiger charge is 2.07. The molecule has 0 unspecified atom stereocenters. The summed E-state index contributed by atoms with van der Waals surface area (Å²) in [5, 5.41) is 13.5. The highest BCUT2D eigenvalue weighted by Crippen LogP contribution is 2.08. The summed E-state index contributed by atoms with van der Waals surface area (Å²) in [6, 6.07) is 10.3. The van der Waals surface area contributed by atoms with E-state index in [2.05, 4.69) is 34.9 Å². The first-order valence-electron chi connectivity index (χ1n) is 7.20. The molecule has 1 aromatic carbocycles. The van der Waals surface area contributed by atoms with Gasteiger partial charge in [0.1, 0.15) is 0 Å². The van der Waals surface area contributed by atoms with Crippen molar-refractivity contribution in [3.05, 3.63) is 66.0 Å². The van der Waals surface area contributed by atoms with E-state index >= 15 is 0 Å². The molecule has 0 spiro atoms. The molecule has 2 aromatic rings. The minimum Gasteiger partial charge on any atom is -0.395 e. The first-order chi connectivity index (χ1) is 10.2. The summed E-state index contributed by atoms with van der Waals surface area (Å²) < 4.78 is 1.95. The molecule has 0 aliphatic rings. The third-order valence-corrected chi connectivity index (χ3v) is 3.19. The van der Waals surface area contributed by atoms with E-state index in [0.29, 0.717) is 6.54 Å². The summed E-state index contributed by atoms with van der Waals surface area (Å²) in [6.45, 7) is 9.10. The van der Waals surface area contributed by atoms with Gasteiger partial charge in [-0.2, -0.15) is 5.10 Å². The van der Waals surface area contributed by atoms with E-state index in [-0.39, 0.29) is 6.61 Å². The molecule has 0 aliphatic heterocycles. The van der Waals surface area contributed by atoms with Gasteiger partial charge in [-0.25, -0.2) is 0 Å². The number of aromatic nitrogens is 2. The largest absolute Gasteiger partial charge is 0.395 e. The normalized spacial score (nSPS) is 11.0. The lowest BCUT2D eigenvalue weighted by atomic mass is 10.2. The van der Waals surface area contributed by atoms with Crippen molar-refractivity contribution in [1.82, 2.24) is 14.7 Å². The quantitative estimate of drug-likeness (QED) is 0.757. The van der Waals surface area contributed by atoms with Crippen molar-refractivity contribution in [2.75, 3.05) is 19.7 Å². The van der Waals surface area contributed by atoms with Crippen LogP contribution in [0, 0.1) is 0 Å². The molecular formula is C17H23N3O. The summed E-state index contributed by atoms with van der Waals surface area (Å²) in [6.07, 6.45) is 3.96. The van der Waals surface area contributed by atoms with Crippen molar-refractivity contribution in [2.24, 2.45) is 0 Å². The molecule has 0 saturated heterocycles. The minimum absolute atomic E-state index is 0.158. The van der Waals surface area contributed by atoms with Crippen LogP contribution in [0.15, 0.2) is 54.9 Å². The van der Waals surface area contributed by atoms with Crippen LogP contribution in [0.1, 0.15) is 18.1 Å². The zero-order valence-corrected chi connectivity index (χ0v) is 12.6. The third-order valence-electron chi connectivity index (χ3n) is 3.19. The number of aliphatic hydroxyl groups is 1. The molecule has 0 aliphatic carbocycles. The second-order valence-corrected chi connectivity index (χ2v) is 5.42. The summed E-state index contributed by atoms with van der Waals surface area (Å²) >= 11 is 0. The molecule has 0 saturated carbocycles. The lowest BCUT2D eigenvalue weighted by Gasteiger charge is -2.20. The molecule has 4 heteroatoms. The fraction of sp³-hybridized carbons (Fsp3) is 0.353. The van der Waals surface area contributed by atoms with Crippen molar-refractivity contribution in [2.45, 2.75) is 20.0 Å². The number of hydrogen-bond acceptors (Lipinski definition) is 3. The molecule has 1 N–H and O–H groups in total. The number of aliphatic hydroxyl groups excluding tert-OH is 1. The molecule has 0 radical (unpaired) electrons. The maximum Gasteiger partial charge on any atom is 0.0659 e. The Labute approximate surface area is 126 Å². The second-order valence-electron chi connectivity index (χ2n) is 5.42. The van der Waals surface area contributed by atoms with Gasteiger partial charge in [0.15, 0.2) is 0 Å². The topological polar surface area (TPSA) is 41.3 Å². The smallest absolute Gasteiger partial charge is 0.0659 e. The molecule has 21 heavy (non-hydrogen) atoms. The van der Waals surface area contributed by atoms with E-state index in [1.165, 1.54) is 5.56 Å². The van der Waals surface area contributed by atoms with Gasteiger partial charge in [-0.15, -0.1) is 0 Å². The van der Waals surface area contributed by atoms with Gasteiger partial charge in [0, 0.05) is 31.4 Å². The number of benzene rings is 1. The van der Waals surface area contributed by atoms with E-state index in [4.69, 9.17) is 5.11 Å². The van der Waals surface area contributed by atoms with Crippen LogP contribution in [-0.2, 0) is 13.1 Å². The van der Waals surface area contributed by atoms with Crippen molar-refractivity contribution in [3.8, 4) is 0 Å². The zero-order valence-electron chi connectivity index (χ0n) is 12.6. The summed E-state index contributed by atoms with van der Waals surface area (Å²) in [5.41, 5.74) is 3.49. The van der Waals surface area contributed by atoms with Crippen LogP contribution in [0.5, 0.6) is 0 Å². The molecular weight excluding hydrogens is 262 g/mol. The predicted octanol–water partition coefficient (Wildman–Crippen LogP) is 2.30. The maximum atomic E-state index is 9.14. The lowest BCUT2D eigenvalue weighted by molar-refractivity contribution is 0.201. The average molecular weight is 285 g/mol. The van der Waals surface area contributed by atoms with E-state index in [1.807, 2.05) is 36.0 Å². The second kappa shape index (κ2) is 7.76. The van der Waals surface area contributed by atoms with Gasteiger partial charge in [-0.05, 0) is 12.5 Å². The minimum atomic E-state index is 0.158. The molecule has 0 atom stereocenters. The maximum absolute atomic E-state index is 9.14. The Kier molecular flexibility index (Phi) is 5.72. The molecule has 0 amide bonds. The fourth-order valence-corrected chi connectivity index (χ4v) is 2.34.